The molecule has 0 N–H and O–H groups in total. The van der Waals surface area contributed by atoms with E-state index in [4.69, 9.17) is 24.2 Å². The molecule has 4 aromatic rings. The Morgan fingerprint density at radius 3 is 2.43 bits per heavy atom. The molecule has 3 aliphatic rings. The van der Waals surface area contributed by atoms with E-state index in [1.807, 2.05) is 18.2 Å². The monoisotopic (exact) mass is 741 g/mol. The lowest BCUT2D eigenvalue weighted by Gasteiger charge is -2.38. The molecule has 282 valence electrons. The number of anilines is 1. The molecule has 2 aromatic heterocycles. The van der Waals surface area contributed by atoms with Gasteiger partial charge in [-0.3, -0.25) is 4.90 Å². The van der Waals surface area contributed by atoms with Gasteiger partial charge in [0.1, 0.15) is 38.2 Å². The van der Waals surface area contributed by atoms with Gasteiger partial charge in [0.2, 0.25) is 0 Å². The number of ether oxygens (including phenoxy) is 3. The fourth-order valence-corrected chi connectivity index (χ4v) is 14.8. The highest BCUT2D eigenvalue weighted by Crippen LogP contribution is 2.43. The zero-order valence-corrected chi connectivity index (χ0v) is 33.3. The number of pyridine rings is 1. The van der Waals surface area contributed by atoms with E-state index in [9.17, 15) is 4.39 Å². The molecule has 0 saturated carbocycles. The van der Waals surface area contributed by atoms with Crippen LogP contribution in [0.25, 0.3) is 32.9 Å². The molecule has 0 unspecified atom stereocenters. The number of aromatic nitrogens is 3. The van der Waals surface area contributed by atoms with E-state index in [-0.39, 0.29) is 24.2 Å². The molecule has 3 aliphatic heterocycles. The van der Waals surface area contributed by atoms with Crippen LogP contribution in [0.1, 0.15) is 79.2 Å². The third kappa shape index (κ3) is 6.99. The van der Waals surface area contributed by atoms with E-state index < -0.39 is 14.2 Å². The number of rotatable bonds is 11. The van der Waals surface area contributed by atoms with Gasteiger partial charge < -0.3 is 19.1 Å². The lowest BCUT2D eigenvalue weighted by Crippen LogP contribution is -2.43. The van der Waals surface area contributed by atoms with Gasteiger partial charge in [-0.25, -0.2) is 18.7 Å². The Morgan fingerprint density at radius 1 is 0.962 bits per heavy atom. The summed E-state index contributed by atoms with van der Waals surface area (Å²) >= 11 is 0. The topological polar surface area (TPSA) is 72.8 Å². The quantitative estimate of drug-likeness (QED) is 0.0857. The molecule has 2 aromatic carbocycles. The number of methoxy groups -OCH3 is 1. The smallest absolute Gasteiger partial charge is 0.316 e. The van der Waals surface area contributed by atoms with Crippen molar-refractivity contribution in [1.29, 1.82) is 0 Å². The highest BCUT2D eigenvalue weighted by molar-refractivity contribution is 6.90. The minimum atomic E-state index is -2.19. The number of nitrogens with zero attached hydrogens (tertiary/aromatic N) is 5. The lowest BCUT2D eigenvalue weighted by molar-refractivity contribution is 0.0512. The van der Waals surface area contributed by atoms with Gasteiger partial charge in [-0.1, -0.05) is 53.5 Å². The minimum absolute atomic E-state index is 0.0598. The number of hydrogen-bond acceptors (Lipinski definition) is 8. The molecule has 53 heavy (non-hydrogen) atoms. The summed E-state index contributed by atoms with van der Waals surface area (Å²) in [5.41, 5.74) is 7.00. The SMILES string of the molecule is COCOc1cc(-c2cc3nc(OC[C@@]45CCCN4C[C@H](F)C5)ncc3c(N3CCCC3)n2)c2c(C#C[Si](C(C)C)(C(C)C)C(C)C)c(F)ccc2c1. The van der Waals surface area contributed by atoms with E-state index >= 15 is 4.39 Å². The van der Waals surface area contributed by atoms with Crippen molar-refractivity contribution >= 4 is 35.6 Å². The van der Waals surface area contributed by atoms with Crippen LogP contribution >= 0.6 is 0 Å². The molecule has 8 nitrogen and oxygen atoms in total. The van der Waals surface area contributed by atoms with Crippen molar-refractivity contribution in [2.45, 2.75) is 102 Å². The summed E-state index contributed by atoms with van der Waals surface area (Å²) < 4.78 is 48.3. The first-order valence-electron chi connectivity index (χ1n) is 19.3. The second kappa shape index (κ2) is 15.1. The Labute approximate surface area is 313 Å². The van der Waals surface area contributed by atoms with Crippen molar-refractivity contribution in [1.82, 2.24) is 19.9 Å². The number of fused-ring (bicyclic) bond motifs is 3. The summed E-state index contributed by atoms with van der Waals surface area (Å²) in [5, 5.41) is 2.30. The van der Waals surface area contributed by atoms with Gasteiger partial charge in [-0.2, -0.15) is 4.98 Å². The Balaban J connectivity index is 1.41. The molecule has 3 fully saturated rings. The Hall–Kier alpha value is -3.85. The van der Waals surface area contributed by atoms with Crippen LogP contribution in [0.2, 0.25) is 16.6 Å². The summed E-state index contributed by atoms with van der Waals surface area (Å²) in [7, 11) is -0.610. The second-order valence-electron chi connectivity index (χ2n) is 16.2. The molecule has 0 bridgehead atoms. The highest BCUT2D eigenvalue weighted by atomic mass is 28.3. The molecule has 11 heteroatoms. The summed E-state index contributed by atoms with van der Waals surface area (Å²) in [6.07, 6.45) is 5.48. The zero-order chi connectivity index (χ0) is 37.5. The Morgan fingerprint density at radius 2 is 1.72 bits per heavy atom. The third-order valence-corrected chi connectivity index (χ3v) is 18.4. The highest BCUT2D eigenvalue weighted by Gasteiger charge is 2.49. The molecule has 7 rings (SSSR count). The van der Waals surface area contributed by atoms with Gasteiger partial charge in [-0.05, 0) is 78.5 Å². The van der Waals surface area contributed by atoms with Crippen LogP contribution in [0.15, 0.2) is 36.5 Å². The molecular weight excluding hydrogens is 689 g/mol. The van der Waals surface area contributed by atoms with Gasteiger partial charge in [0, 0.05) is 50.3 Å². The van der Waals surface area contributed by atoms with Crippen molar-refractivity contribution in [3.63, 3.8) is 0 Å². The number of hydrogen-bond donors (Lipinski definition) is 0. The maximum absolute atomic E-state index is 16.2. The van der Waals surface area contributed by atoms with E-state index in [0.29, 0.717) is 69.7 Å². The molecular formula is C42H53F2N5O3Si. The standard InChI is InChI=1S/C42H53F2N5O3Si/c1-27(2)53(28(3)4,29(5)6)18-13-33-36(44)12-11-30-19-32(52-26-50-7)20-34(39(30)33)37-21-38-35(40(46-37)48-15-8-9-16-48)23-45-41(47-38)51-25-42-14-10-17-49(42)24-31(43)22-42/h11-12,19-21,23,27-29,31H,8-10,14-17,22,24-26H2,1-7H3/t31-,42+/m1/s1. The van der Waals surface area contributed by atoms with Crippen molar-refractivity contribution in [3.05, 3.63) is 47.9 Å². The largest absolute Gasteiger partial charge is 0.468 e. The van der Waals surface area contributed by atoms with Crippen molar-refractivity contribution < 1.29 is 23.0 Å². The van der Waals surface area contributed by atoms with Gasteiger partial charge in [0.15, 0.2) is 6.79 Å². The maximum atomic E-state index is 16.2. The van der Waals surface area contributed by atoms with Crippen molar-refractivity contribution in [2.24, 2.45) is 0 Å². The van der Waals surface area contributed by atoms with Gasteiger partial charge >= 0.3 is 6.01 Å². The predicted molar refractivity (Wildman–Crippen MR) is 211 cm³/mol. The lowest BCUT2D eigenvalue weighted by atomic mass is 9.95. The van der Waals surface area contributed by atoms with Gasteiger partial charge in [-0.15, -0.1) is 5.54 Å². The summed E-state index contributed by atoms with van der Waals surface area (Å²) in [6.45, 7) is 17.1. The van der Waals surface area contributed by atoms with Crippen LogP contribution in [0.5, 0.6) is 11.8 Å². The number of halogens is 2. The third-order valence-electron chi connectivity index (χ3n) is 12.1. The number of benzene rings is 2. The van der Waals surface area contributed by atoms with Crippen LogP contribution in [0.4, 0.5) is 14.6 Å². The molecule has 0 spiro atoms. The summed E-state index contributed by atoms with van der Waals surface area (Å²) in [6, 6.07) is 9.29. The normalized spacial score (nSPS) is 20.6. The predicted octanol–water partition coefficient (Wildman–Crippen LogP) is 9.09. The van der Waals surface area contributed by atoms with Crippen molar-refractivity contribution in [2.75, 3.05) is 51.6 Å². The first-order valence-corrected chi connectivity index (χ1v) is 21.5. The summed E-state index contributed by atoms with van der Waals surface area (Å²) in [4.78, 5) is 19.4. The van der Waals surface area contributed by atoms with E-state index in [1.165, 1.54) is 6.07 Å². The average Bonchev–Trinajstić information content (AvgIpc) is 3.86. The second-order valence-corrected chi connectivity index (χ2v) is 21.7. The first-order chi connectivity index (χ1) is 25.5. The van der Waals surface area contributed by atoms with Crippen LogP contribution in [-0.4, -0.2) is 86.3 Å². The average molecular weight is 742 g/mol. The van der Waals surface area contributed by atoms with Crippen molar-refractivity contribution in [3.8, 4) is 34.5 Å². The molecule has 3 saturated heterocycles. The zero-order valence-electron chi connectivity index (χ0n) is 32.3. The van der Waals surface area contributed by atoms with Crippen LogP contribution < -0.4 is 14.4 Å². The van der Waals surface area contributed by atoms with Gasteiger partial charge in [0.25, 0.3) is 0 Å². The fraction of sp³-hybridized carbons (Fsp3) is 0.548. The minimum Gasteiger partial charge on any atom is -0.468 e. The fourth-order valence-electron chi connectivity index (χ4n) is 9.57. The number of alkyl halides is 1. The molecule has 0 amide bonds. The van der Waals surface area contributed by atoms with Crippen LogP contribution in [-0.2, 0) is 4.74 Å². The Bertz CT molecular complexity index is 2020. The summed E-state index contributed by atoms with van der Waals surface area (Å²) in [5.74, 6) is 4.45. The maximum Gasteiger partial charge on any atom is 0.316 e. The molecule has 2 atom stereocenters. The van der Waals surface area contributed by atoms with E-state index in [2.05, 4.69) is 67.8 Å². The molecule has 0 aliphatic carbocycles. The van der Waals surface area contributed by atoms with Crippen LogP contribution in [0.3, 0.4) is 0 Å². The Kier molecular flexibility index (Phi) is 10.7. The van der Waals surface area contributed by atoms with Gasteiger partial charge in [0.05, 0.1) is 27.7 Å². The molecule has 0 radical (unpaired) electrons. The van der Waals surface area contributed by atoms with E-state index in [0.717, 1.165) is 61.9 Å². The first kappa shape index (κ1) is 37.5. The van der Waals surface area contributed by atoms with E-state index in [1.54, 1.807) is 19.4 Å². The van der Waals surface area contributed by atoms with Crippen LogP contribution in [0, 0.1) is 17.3 Å². The molecule has 5 heterocycles.